The maximum atomic E-state index is 11.9. The van der Waals surface area contributed by atoms with Gasteiger partial charge in [-0.05, 0) is 23.5 Å². The lowest BCUT2D eigenvalue weighted by atomic mass is 9.85. The summed E-state index contributed by atoms with van der Waals surface area (Å²) in [5, 5.41) is 4.18. The predicted octanol–water partition coefficient (Wildman–Crippen LogP) is 2.59. The lowest BCUT2D eigenvalue weighted by Gasteiger charge is -2.26. The molecule has 1 unspecified atom stereocenters. The molecule has 4 heteroatoms. The van der Waals surface area contributed by atoms with E-state index in [4.69, 9.17) is 5.73 Å². The summed E-state index contributed by atoms with van der Waals surface area (Å²) in [6.45, 7) is 6.79. The number of fused-ring (bicyclic) bond motifs is 1. The number of amides is 1. The fourth-order valence-electron chi connectivity index (χ4n) is 2.25. The number of carbonyl (C=O) groups excluding carboxylic acids is 1. The Hall–Kier alpha value is -1.81. The summed E-state index contributed by atoms with van der Waals surface area (Å²) in [4.78, 5) is 15.1. The lowest BCUT2D eigenvalue weighted by Crippen LogP contribution is -2.40. The van der Waals surface area contributed by atoms with Crippen molar-refractivity contribution in [2.24, 2.45) is 11.1 Å². The summed E-state index contributed by atoms with van der Waals surface area (Å²) >= 11 is 0. The van der Waals surface area contributed by atoms with E-state index in [2.05, 4.69) is 43.2 Å². The number of hydrogen-bond acceptors (Lipinski definition) is 2. The smallest absolute Gasteiger partial charge is 0.221 e. The van der Waals surface area contributed by atoms with E-state index in [0.29, 0.717) is 13.0 Å². The van der Waals surface area contributed by atoms with Crippen LogP contribution in [0.1, 0.15) is 32.8 Å². The Morgan fingerprint density at radius 1 is 1.33 bits per heavy atom. The van der Waals surface area contributed by atoms with Crippen LogP contribution in [0.3, 0.4) is 0 Å². The second-order valence-corrected chi connectivity index (χ2v) is 6.64. The van der Waals surface area contributed by atoms with Gasteiger partial charge in [0, 0.05) is 36.1 Å². The van der Waals surface area contributed by atoms with Crippen LogP contribution in [0.4, 0.5) is 0 Å². The highest BCUT2D eigenvalue weighted by Crippen LogP contribution is 2.20. The third-order valence-electron chi connectivity index (χ3n) is 3.91. The van der Waals surface area contributed by atoms with Crippen LogP contribution in [0.2, 0.25) is 0 Å². The SMILES string of the molecule is CC(C)(C)C(N)CC(=O)NCCc1c[nH]c2ccccc12. The van der Waals surface area contributed by atoms with Crippen molar-refractivity contribution in [3.8, 4) is 0 Å². The van der Waals surface area contributed by atoms with E-state index in [1.807, 2.05) is 18.3 Å². The first-order chi connectivity index (χ1) is 9.88. The van der Waals surface area contributed by atoms with Gasteiger partial charge in [-0.25, -0.2) is 0 Å². The molecule has 1 aromatic heterocycles. The molecule has 0 aliphatic rings. The van der Waals surface area contributed by atoms with E-state index in [0.717, 1.165) is 11.9 Å². The Morgan fingerprint density at radius 3 is 2.76 bits per heavy atom. The van der Waals surface area contributed by atoms with E-state index in [1.165, 1.54) is 10.9 Å². The molecule has 4 N–H and O–H groups in total. The average molecular weight is 287 g/mol. The molecule has 0 spiro atoms. The van der Waals surface area contributed by atoms with E-state index in [1.54, 1.807) is 0 Å². The Morgan fingerprint density at radius 2 is 2.05 bits per heavy atom. The van der Waals surface area contributed by atoms with Gasteiger partial charge in [-0.3, -0.25) is 4.79 Å². The van der Waals surface area contributed by atoms with Crippen molar-refractivity contribution in [2.75, 3.05) is 6.54 Å². The highest BCUT2D eigenvalue weighted by Gasteiger charge is 2.22. The number of rotatable bonds is 5. The normalized spacial score (nSPS) is 13.3. The fraction of sp³-hybridized carbons (Fsp3) is 0.471. The van der Waals surface area contributed by atoms with Gasteiger partial charge in [-0.1, -0.05) is 39.0 Å². The van der Waals surface area contributed by atoms with Crippen molar-refractivity contribution in [3.63, 3.8) is 0 Å². The van der Waals surface area contributed by atoms with Crippen molar-refractivity contribution < 1.29 is 4.79 Å². The number of carbonyl (C=O) groups is 1. The number of nitrogens with one attached hydrogen (secondary N) is 2. The molecule has 0 aliphatic carbocycles. The van der Waals surface area contributed by atoms with Gasteiger partial charge >= 0.3 is 0 Å². The third-order valence-corrected chi connectivity index (χ3v) is 3.91. The summed E-state index contributed by atoms with van der Waals surface area (Å²) in [5.41, 5.74) is 8.34. The number of hydrogen-bond donors (Lipinski definition) is 3. The van der Waals surface area contributed by atoms with Crippen LogP contribution in [0.25, 0.3) is 10.9 Å². The quantitative estimate of drug-likeness (QED) is 0.791. The van der Waals surface area contributed by atoms with Gasteiger partial charge in [0.05, 0.1) is 0 Å². The Kier molecular flexibility index (Phi) is 4.68. The molecule has 114 valence electrons. The standard InChI is InChI=1S/C17H25N3O/c1-17(2,3)15(18)10-16(21)19-9-8-12-11-20-14-7-5-4-6-13(12)14/h4-7,11,15,20H,8-10,18H2,1-3H3,(H,19,21). The van der Waals surface area contributed by atoms with Crippen LogP contribution < -0.4 is 11.1 Å². The topological polar surface area (TPSA) is 70.9 Å². The van der Waals surface area contributed by atoms with Crippen molar-refractivity contribution in [2.45, 2.75) is 39.7 Å². The molecule has 2 rings (SSSR count). The van der Waals surface area contributed by atoms with E-state index in [9.17, 15) is 4.79 Å². The number of aromatic amines is 1. The van der Waals surface area contributed by atoms with Crippen LogP contribution in [0, 0.1) is 5.41 Å². The first kappa shape index (κ1) is 15.6. The molecule has 0 saturated carbocycles. The van der Waals surface area contributed by atoms with Crippen molar-refractivity contribution >= 4 is 16.8 Å². The highest BCUT2D eigenvalue weighted by atomic mass is 16.1. The van der Waals surface area contributed by atoms with E-state index in [-0.39, 0.29) is 17.4 Å². The Bertz CT molecular complexity index is 610. The fourth-order valence-corrected chi connectivity index (χ4v) is 2.25. The monoisotopic (exact) mass is 287 g/mol. The zero-order valence-corrected chi connectivity index (χ0v) is 13.1. The molecule has 2 aromatic rings. The van der Waals surface area contributed by atoms with Gasteiger partial charge in [-0.15, -0.1) is 0 Å². The highest BCUT2D eigenvalue weighted by molar-refractivity contribution is 5.83. The van der Waals surface area contributed by atoms with Gasteiger partial charge < -0.3 is 16.0 Å². The molecule has 0 saturated heterocycles. The zero-order valence-electron chi connectivity index (χ0n) is 13.1. The second-order valence-electron chi connectivity index (χ2n) is 6.64. The van der Waals surface area contributed by atoms with Crippen LogP contribution in [0.15, 0.2) is 30.5 Å². The molecule has 0 bridgehead atoms. The molecule has 1 aromatic carbocycles. The first-order valence-electron chi connectivity index (χ1n) is 7.45. The lowest BCUT2D eigenvalue weighted by molar-refractivity contribution is -0.121. The summed E-state index contributed by atoms with van der Waals surface area (Å²) in [5.74, 6) is 0.0252. The Labute approximate surface area is 126 Å². The third kappa shape index (κ3) is 4.08. The summed E-state index contributed by atoms with van der Waals surface area (Å²) in [6, 6.07) is 8.07. The van der Waals surface area contributed by atoms with Crippen LogP contribution in [-0.4, -0.2) is 23.5 Å². The molecule has 4 nitrogen and oxygen atoms in total. The van der Waals surface area contributed by atoms with Gasteiger partial charge in [0.25, 0.3) is 0 Å². The second kappa shape index (κ2) is 6.31. The van der Waals surface area contributed by atoms with Crippen molar-refractivity contribution in [1.29, 1.82) is 0 Å². The van der Waals surface area contributed by atoms with E-state index < -0.39 is 0 Å². The average Bonchev–Trinajstić information content (AvgIpc) is 2.81. The zero-order chi connectivity index (χ0) is 15.5. The minimum absolute atomic E-state index is 0.0252. The predicted molar refractivity (Wildman–Crippen MR) is 87.1 cm³/mol. The summed E-state index contributed by atoms with van der Waals surface area (Å²) in [6.07, 6.45) is 3.20. The molecule has 1 amide bonds. The van der Waals surface area contributed by atoms with Gasteiger partial charge in [-0.2, -0.15) is 0 Å². The maximum absolute atomic E-state index is 11.9. The molecule has 21 heavy (non-hydrogen) atoms. The molecular weight excluding hydrogens is 262 g/mol. The number of aromatic nitrogens is 1. The van der Waals surface area contributed by atoms with Crippen LogP contribution in [0.5, 0.6) is 0 Å². The van der Waals surface area contributed by atoms with Gasteiger partial charge in [0.1, 0.15) is 0 Å². The number of nitrogens with two attached hydrogens (primary N) is 1. The van der Waals surface area contributed by atoms with Crippen molar-refractivity contribution in [3.05, 3.63) is 36.0 Å². The van der Waals surface area contributed by atoms with Crippen LogP contribution in [-0.2, 0) is 11.2 Å². The van der Waals surface area contributed by atoms with E-state index >= 15 is 0 Å². The minimum atomic E-state index is -0.120. The van der Waals surface area contributed by atoms with Crippen LogP contribution >= 0.6 is 0 Å². The number of para-hydroxylation sites is 1. The molecular formula is C17H25N3O. The van der Waals surface area contributed by atoms with Crippen molar-refractivity contribution in [1.82, 2.24) is 10.3 Å². The number of H-pyrrole nitrogens is 1. The molecule has 0 aliphatic heterocycles. The summed E-state index contributed by atoms with van der Waals surface area (Å²) < 4.78 is 0. The first-order valence-corrected chi connectivity index (χ1v) is 7.45. The molecule has 0 radical (unpaired) electrons. The Balaban J connectivity index is 1.83. The number of benzene rings is 1. The molecule has 0 fully saturated rings. The molecule has 1 heterocycles. The van der Waals surface area contributed by atoms with Gasteiger partial charge in [0.2, 0.25) is 5.91 Å². The largest absolute Gasteiger partial charge is 0.361 e. The minimum Gasteiger partial charge on any atom is -0.361 e. The molecule has 1 atom stereocenters. The van der Waals surface area contributed by atoms with Gasteiger partial charge in [0.15, 0.2) is 0 Å². The summed E-state index contributed by atoms with van der Waals surface area (Å²) in [7, 11) is 0. The maximum Gasteiger partial charge on any atom is 0.221 e.